The Morgan fingerprint density at radius 3 is 2.38 bits per heavy atom. The van der Waals surface area contributed by atoms with Crippen LogP contribution in [0.4, 0.5) is 0 Å². The minimum absolute atomic E-state index is 0.488. The first-order chi connectivity index (χ1) is 5.90. The second kappa shape index (κ2) is 4.00. The molecule has 0 N–H and O–H groups in total. The van der Waals surface area contributed by atoms with E-state index in [1.165, 1.54) is 25.8 Å². The third kappa shape index (κ3) is 3.30. The minimum atomic E-state index is 0.488. The van der Waals surface area contributed by atoms with Gasteiger partial charge in [0, 0.05) is 12.1 Å². The van der Waals surface area contributed by atoms with E-state index < -0.39 is 0 Å². The zero-order valence-corrected chi connectivity index (χ0v) is 9.93. The summed E-state index contributed by atoms with van der Waals surface area (Å²) in [5, 5.41) is 0. The van der Waals surface area contributed by atoms with E-state index >= 15 is 0 Å². The highest BCUT2D eigenvalue weighted by Crippen LogP contribution is 2.30. The van der Waals surface area contributed by atoms with Crippen molar-refractivity contribution in [3.05, 3.63) is 0 Å². The Bertz CT molecular complexity index is 155. The Balaban J connectivity index is 2.49. The maximum atomic E-state index is 2.67. The number of nitrogens with zero attached hydrogens (tertiary/aromatic N) is 1. The van der Waals surface area contributed by atoms with Gasteiger partial charge in [-0.2, -0.15) is 0 Å². The van der Waals surface area contributed by atoms with Gasteiger partial charge < -0.3 is 0 Å². The lowest BCUT2D eigenvalue weighted by atomic mass is 9.87. The Labute approximate surface area is 83.5 Å². The first kappa shape index (κ1) is 11.0. The molecule has 0 unspecified atom stereocenters. The lowest BCUT2D eigenvalue weighted by Gasteiger charge is -2.32. The summed E-state index contributed by atoms with van der Waals surface area (Å²) in [7, 11) is 0. The lowest BCUT2D eigenvalue weighted by Crippen LogP contribution is -2.37. The molecular weight excluding hydrogens is 158 g/mol. The highest BCUT2D eigenvalue weighted by atomic mass is 15.2. The summed E-state index contributed by atoms with van der Waals surface area (Å²) in [4.78, 5) is 2.67. The molecule has 1 aliphatic rings. The van der Waals surface area contributed by atoms with Crippen molar-refractivity contribution in [3.8, 4) is 0 Å². The maximum Gasteiger partial charge on any atom is 0.0103 e. The lowest BCUT2D eigenvalue weighted by molar-refractivity contribution is 0.158. The van der Waals surface area contributed by atoms with Crippen LogP contribution in [-0.2, 0) is 0 Å². The van der Waals surface area contributed by atoms with Gasteiger partial charge in [0.15, 0.2) is 0 Å². The fourth-order valence-corrected chi connectivity index (χ4v) is 2.46. The molecule has 78 valence electrons. The van der Waals surface area contributed by atoms with E-state index in [1.807, 2.05) is 0 Å². The average molecular weight is 183 g/mol. The number of hydrogen-bond donors (Lipinski definition) is 0. The molecule has 0 aromatic rings. The Morgan fingerprint density at radius 2 is 1.92 bits per heavy atom. The number of rotatable bonds is 2. The fraction of sp³-hybridized carbons (Fsp3) is 1.00. The third-order valence-corrected chi connectivity index (χ3v) is 2.93. The van der Waals surface area contributed by atoms with E-state index in [-0.39, 0.29) is 0 Å². The molecule has 1 atom stereocenters. The maximum absolute atomic E-state index is 2.67. The molecule has 1 fully saturated rings. The second-order valence-corrected chi connectivity index (χ2v) is 5.89. The molecule has 1 rings (SSSR count). The van der Waals surface area contributed by atoms with Crippen LogP contribution in [0.3, 0.4) is 0 Å². The van der Waals surface area contributed by atoms with Gasteiger partial charge in [-0.3, -0.25) is 4.90 Å². The van der Waals surface area contributed by atoms with Crippen molar-refractivity contribution in [3.63, 3.8) is 0 Å². The monoisotopic (exact) mass is 183 g/mol. The van der Waals surface area contributed by atoms with Gasteiger partial charge in [-0.15, -0.1) is 0 Å². The van der Waals surface area contributed by atoms with E-state index in [4.69, 9.17) is 0 Å². The van der Waals surface area contributed by atoms with Gasteiger partial charge in [0.05, 0.1) is 0 Å². The molecule has 0 aliphatic carbocycles. The van der Waals surface area contributed by atoms with E-state index in [0.717, 1.165) is 12.1 Å². The van der Waals surface area contributed by atoms with Gasteiger partial charge in [-0.1, -0.05) is 20.8 Å². The molecule has 0 saturated carbocycles. The van der Waals surface area contributed by atoms with Crippen LogP contribution in [0.15, 0.2) is 0 Å². The summed E-state index contributed by atoms with van der Waals surface area (Å²) in [5.74, 6) is 0. The first-order valence-electron chi connectivity index (χ1n) is 5.66. The molecule has 13 heavy (non-hydrogen) atoms. The molecule has 0 bridgehead atoms. The van der Waals surface area contributed by atoms with Crippen molar-refractivity contribution in [1.82, 2.24) is 4.90 Å². The van der Waals surface area contributed by atoms with E-state index in [0.29, 0.717) is 5.41 Å². The largest absolute Gasteiger partial charge is 0.298 e. The molecule has 0 aromatic heterocycles. The summed E-state index contributed by atoms with van der Waals surface area (Å²) in [6.45, 7) is 13.0. The first-order valence-corrected chi connectivity index (χ1v) is 5.66. The van der Waals surface area contributed by atoms with Gasteiger partial charge in [-0.25, -0.2) is 0 Å². The second-order valence-electron chi connectivity index (χ2n) is 5.89. The van der Waals surface area contributed by atoms with Gasteiger partial charge in [-0.05, 0) is 45.1 Å². The summed E-state index contributed by atoms with van der Waals surface area (Å²) in [5.41, 5.74) is 0.488. The summed E-state index contributed by atoms with van der Waals surface area (Å²) in [6.07, 6.45) is 4.17. The molecule has 0 spiro atoms. The van der Waals surface area contributed by atoms with Gasteiger partial charge in [0.2, 0.25) is 0 Å². The molecule has 0 radical (unpaired) electrons. The van der Waals surface area contributed by atoms with Crippen LogP contribution >= 0.6 is 0 Å². The summed E-state index contributed by atoms with van der Waals surface area (Å²) in [6, 6.07) is 1.58. The predicted octanol–water partition coefficient (Wildman–Crippen LogP) is 3.30. The van der Waals surface area contributed by atoms with E-state index in [2.05, 4.69) is 39.5 Å². The number of likely N-dealkylation sites (tertiary alicyclic amines) is 1. The third-order valence-electron chi connectivity index (χ3n) is 2.93. The average Bonchev–Trinajstić information content (AvgIpc) is 2.31. The van der Waals surface area contributed by atoms with E-state index in [9.17, 15) is 0 Å². The predicted molar refractivity (Wildman–Crippen MR) is 58.9 cm³/mol. The summed E-state index contributed by atoms with van der Waals surface area (Å²) < 4.78 is 0. The van der Waals surface area contributed by atoms with Crippen LogP contribution in [0, 0.1) is 5.41 Å². The zero-order valence-electron chi connectivity index (χ0n) is 9.93. The molecule has 1 heteroatoms. The van der Waals surface area contributed by atoms with Crippen molar-refractivity contribution in [1.29, 1.82) is 0 Å². The van der Waals surface area contributed by atoms with Gasteiger partial charge >= 0.3 is 0 Å². The van der Waals surface area contributed by atoms with Crippen molar-refractivity contribution in [2.75, 3.05) is 6.54 Å². The number of hydrogen-bond acceptors (Lipinski definition) is 1. The molecule has 0 amide bonds. The molecule has 1 saturated heterocycles. The Kier molecular flexibility index (Phi) is 3.39. The van der Waals surface area contributed by atoms with Crippen molar-refractivity contribution < 1.29 is 0 Å². The van der Waals surface area contributed by atoms with Gasteiger partial charge in [0.1, 0.15) is 0 Å². The van der Waals surface area contributed by atoms with Crippen LogP contribution in [0.1, 0.15) is 53.9 Å². The van der Waals surface area contributed by atoms with Crippen molar-refractivity contribution in [2.45, 2.75) is 66.0 Å². The molecule has 1 heterocycles. The Morgan fingerprint density at radius 1 is 1.31 bits per heavy atom. The zero-order chi connectivity index (χ0) is 10.1. The highest BCUT2D eigenvalue weighted by Gasteiger charge is 2.29. The molecule has 1 nitrogen and oxygen atoms in total. The van der Waals surface area contributed by atoms with Crippen LogP contribution in [0.5, 0.6) is 0 Å². The van der Waals surface area contributed by atoms with Crippen LogP contribution in [0.2, 0.25) is 0 Å². The van der Waals surface area contributed by atoms with Crippen LogP contribution in [-0.4, -0.2) is 23.5 Å². The van der Waals surface area contributed by atoms with Crippen molar-refractivity contribution >= 4 is 0 Å². The van der Waals surface area contributed by atoms with Gasteiger partial charge in [0.25, 0.3) is 0 Å². The normalized spacial score (nSPS) is 25.8. The fourth-order valence-electron chi connectivity index (χ4n) is 2.46. The quantitative estimate of drug-likeness (QED) is 0.635. The SMILES string of the molecule is CC(C)N1CCC[C@@H]1CC(C)(C)C. The van der Waals surface area contributed by atoms with Crippen LogP contribution in [0.25, 0.3) is 0 Å². The molecule has 1 aliphatic heterocycles. The van der Waals surface area contributed by atoms with E-state index in [1.54, 1.807) is 0 Å². The molecule has 0 aromatic carbocycles. The topological polar surface area (TPSA) is 3.24 Å². The van der Waals surface area contributed by atoms with Crippen molar-refractivity contribution in [2.24, 2.45) is 5.41 Å². The summed E-state index contributed by atoms with van der Waals surface area (Å²) >= 11 is 0. The Hall–Kier alpha value is -0.0400. The standard InChI is InChI=1S/C12H25N/c1-10(2)13-8-6-7-11(13)9-12(3,4)5/h10-11H,6-9H2,1-5H3/t11-/m1/s1. The molecular formula is C12H25N. The minimum Gasteiger partial charge on any atom is -0.298 e. The van der Waals surface area contributed by atoms with Crippen LogP contribution < -0.4 is 0 Å². The smallest absolute Gasteiger partial charge is 0.0103 e. The highest BCUT2D eigenvalue weighted by molar-refractivity contribution is 4.84.